The van der Waals surface area contributed by atoms with Gasteiger partial charge in [0.1, 0.15) is 5.82 Å². The number of halogens is 3. The number of benzene rings is 3. The van der Waals surface area contributed by atoms with Gasteiger partial charge in [0.05, 0.1) is 16.8 Å². The van der Waals surface area contributed by atoms with Crippen molar-refractivity contribution in [3.05, 3.63) is 99.3 Å². The van der Waals surface area contributed by atoms with Gasteiger partial charge in [-0.1, -0.05) is 71.2 Å². The molecular formula is C24H23Cl2FN2. The lowest BCUT2D eigenvalue weighted by Gasteiger charge is -2.43. The highest BCUT2D eigenvalue weighted by atomic mass is 35.5. The zero-order valence-corrected chi connectivity index (χ0v) is 17.8. The second kappa shape index (κ2) is 8.74. The highest BCUT2D eigenvalue weighted by Gasteiger charge is 2.30. The highest BCUT2D eigenvalue weighted by molar-refractivity contribution is 6.36. The molecule has 5 heteroatoms. The van der Waals surface area contributed by atoms with Gasteiger partial charge in [-0.25, -0.2) is 4.39 Å². The minimum atomic E-state index is -0.150. The van der Waals surface area contributed by atoms with Crippen molar-refractivity contribution >= 4 is 28.9 Å². The van der Waals surface area contributed by atoms with Gasteiger partial charge in [-0.15, -0.1) is 0 Å². The Balaban J connectivity index is 1.64. The second-order valence-electron chi connectivity index (χ2n) is 7.54. The van der Waals surface area contributed by atoms with Crippen LogP contribution in [0.3, 0.4) is 0 Å². The SMILES string of the molecule is Cc1ccc(C2CN(Cc3ccccc3F)CCN2c2ccc(Cl)cc2Cl)cc1. The van der Waals surface area contributed by atoms with Crippen LogP contribution in [0.4, 0.5) is 10.1 Å². The van der Waals surface area contributed by atoms with E-state index in [1.807, 2.05) is 24.3 Å². The van der Waals surface area contributed by atoms with Crippen molar-refractivity contribution in [1.29, 1.82) is 0 Å². The summed E-state index contributed by atoms with van der Waals surface area (Å²) in [5, 5.41) is 1.28. The van der Waals surface area contributed by atoms with Crippen LogP contribution in [0.25, 0.3) is 0 Å². The zero-order chi connectivity index (χ0) is 20.4. The number of anilines is 1. The Morgan fingerprint density at radius 3 is 2.45 bits per heavy atom. The molecule has 4 rings (SSSR count). The normalized spacial score (nSPS) is 17.5. The lowest BCUT2D eigenvalue weighted by molar-refractivity contribution is 0.213. The van der Waals surface area contributed by atoms with Gasteiger partial charge in [0.25, 0.3) is 0 Å². The average Bonchev–Trinajstić information content (AvgIpc) is 2.71. The molecule has 3 aromatic rings. The largest absolute Gasteiger partial charge is 0.361 e. The molecule has 1 saturated heterocycles. The summed E-state index contributed by atoms with van der Waals surface area (Å²) >= 11 is 12.6. The lowest BCUT2D eigenvalue weighted by atomic mass is 9.99. The molecule has 1 atom stereocenters. The van der Waals surface area contributed by atoms with E-state index in [2.05, 4.69) is 41.0 Å². The summed E-state index contributed by atoms with van der Waals surface area (Å²) in [6, 6.07) is 21.4. The van der Waals surface area contributed by atoms with Crippen LogP contribution in [-0.2, 0) is 6.54 Å². The number of hydrogen-bond acceptors (Lipinski definition) is 2. The predicted octanol–water partition coefficient (Wildman–Crippen LogP) is 6.50. The summed E-state index contributed by atoms with van der Waals surface area (Å²) in [7, 11) is 0. The van der Waals surface area contributed by atoms with Crippen molar-refractivity contribution in [2.75, 3.05) is 24.5 Å². The molecule has 0 aromatic heterocycles. The highest BCUT2D eigenvalue weighted by Crippen LogP contribution is 2.37. The summed E-state index contributed by atoms with van der Waals surface area (Å²) in [6.45, 7) is 5.10. The summed E-state index contributed by atoms with van der Waals surface area (Å²) < 4.78 is 14.2. The monoisotopic (exact) mass is 428 g/mol. The maximum absolute atomic E-state index is 14.2. The van der Waals surface area contributed by atoms with E-state index in [9.17, 15) is 4.39 Å². The number of nitrogens with zero attached hydrogens (tertiary/aromatic N) is 2. The Bertz CT molecular complexity index is 990. The molecule has 1 unspecified atom stereocenters. The molecule has 3 aromatic carbocycles. The van der Waals surface area contributed by atoms with E-state index in [1.165, 1.54) is 17.2 Å². The zero-order valence-electron chi connectivity index (χ0n) is 16.3. The topological polar surface area (TPSA) is 6.48 Å². The van der Waals surface area contributed by atoms with E-state index in [1.54, 1.807) is 12.1 Å². The summed E-state index contributed by atoms with van der Waals surface area (Å²) in [5.41, 5.74) is 4.16. The lowest BCUT2D eigenvalue weighted by Crippen LogP contribution is -2.48. The maximum atomic E-state index is 14.2. The van der Waals surface area contributed by atoms with E-state index in [0.717, 1.165) is 30.9 Å². The Morgan fingerprint density at radius 1 is 0.966 bits per heavy atom. The van der Waals surface area contributed by atoms with E-state index in [0.29, 0.717) is 16.6 Å². The molecular weight excluding hydrogens is 406 g/mol. The Hall–Kier alpha value is -2.07. The molecule has 0 amide bonds. The van der Waals surface area contributed by atoms with Gasteiger partial charge in [0.15, 0.2) is 0 Å². The Kier molecular flexibility index (Phi) is 6.09. The first-order chi connectivity index (χ1) is 14.0. The van der Waals surface area contributed by atoms with Crippen LogP contribution in [0.1, 0.15) is 22.7 Å². The van der Waals surface area contributed by atoms with E-state index in [-0.39, 0.29) is 11.9 Å². The third kappa shape index (κ3) is 4.58. The summed E-state index contributed by atoms with van der Waals surface area (Å²) in [5.74, 6) is -0.150. The molecule has 1 fully saturated rings. The molecule has 29 heavy (non-hydrogen) atoms. The third-order valence-corrected chi connectivity index (χ3v) is 6.04. The van der Waals surface area contributed by atoms with Crippen molar-refractivity contribution in [1.82, 2.24) is 4.90 Å². The minimum Gasteiger partial charge on any atom is -0.361 e. The molecule has 0 saturated carbocycles. The van der Waals surface area contributed by atoms with Gasteiger partial charge >= 0.3 is 0 Å². The van der Waals surface area contributed by atoms with Crippen LogP contribution in [-0.4, -0.2) is 24.5 Å². The predicted molar refractivity (Wildman–Crippen MR) is 119 cm³/mol. The second-order valence-corrected chi connectivity index (χ2v) is 8.39. The molecule has 150 valence electrons. The minimum absolute atomic E-state index is 0.120. The number of hydrogen-bond donors (Lipinski definition) is 0. The Morgan fingerprint density at radius 2 is 1.72 bits per heavy atom. The van der Waals surface area contributed by atoms with Crippen LogP contribution >= 0.6 is 23.2 Å². The number of aryl methyl sites for hydroxylation is 1. The molecule has 0 N–H and O–H groups in total. The van der Waals surface area contributed by atoms with Gasteiger partial charge in [-0.3, -0.25) is 4.90 Å². The quantitative estimate of drug-likeness (QED) is 0.467. The maximum Gasteiger partial charge on any atom is 0.127 e. The van der Waals surface area contributed by atoms with Crippen LogP contribution in [0.15, 0.2) is 66.7 Å². The Labute approximate surface area is 181 Å². The fourth-order valence-electron chi connectivity index (χ4n) is 3.93. The van der Waals surface area contributed by atoms with Crippen LogP contribution in [0.2, 0.25) is 10.0 Å². The fraction of sp³-hybridized carbons (Fsp3) is 0.250. The van der Waals surface area contributed by atoms with Gasteiger partial charge < -0.3 is 4.90 Å². The summed E-state index contributed by atoms with van der Waals surface area (Å²) in [6.07, 6.45) is 0. The molecule has 0 radical (unpaired) electrons. The van der Waals surface area contributed by atoms with Crippen molar-refractivity contribution in [2.24, 2.45) is 0 Å². The van der Waals surface area contributed by atoms with Crippen LogP contribution in [0.5, 0.6) is 0 Å². The van der Waals surface area contributed by atoms with Gasteiger partial charge in [0, 0.05) is 36.8 Å². The van der Waals surface area contributed by atoms with E-state index in [4.69, 9.17) is 23.2 Å². The molecule has 1 heterocycles. The van der Waals surface area contributed by atoms with Gasteiger partial charge in [-0.05, 0) is 36.8 Å². The first kappa shape index (κ1) is 20.2. The summed E-state index contributed by atoms with van der Waals surface area (Å²) in [4.78, 5) is 4.64. The van der Waals surface area contributed by atoms with Crippen molar-refractivity contribution in [3.8, 4) is 0 Å². The third-order valence-electron chi connectivity index (χ3n) is 5.50. The first-order valence-electron chi connectivity index (χ1n) is 9.75. The number of piperazine rings is 1. The standard InChI is InChI=1S/C24H23Cl2FN2/c1-17-6-8-18(9-7-17)24-16-28(15-19-4-2-3-5-22(19)27)12-13-29(24)23-11-10-20(25)14-21(23)26/h2-11,14,24H,12-13,15-16H2,1H3. The van der Waals surface area contributed by atoms with Gasteiger partial charge in [-0.2, -0.15) is 0 Å². The van der Waals surface area contributed by atoms with Crippen LogP contribution < -0.4 is 4.90 Å². The van der Waals surface area contributed by atoms with Crippen molar-refractivity contribution in [3.63, 3.8) is 0 Å². The van der Waals surface area contributed by atoms with Gasteiger partial charge in [0.2, 0.25) is 0 Å². The smallest absolute Gasteiger partial charge is 0.127 e. The van der Waals surface area contributed by atoms with Crippen molar-refractivity contribution < 1.29 is 4.39 Å². The van der Waals surface area contributed by atoms with Crippen LogP contribution in [0, 0.1) is 12.7 Å². The fourth-order valence-corrected chi connectivity index (χ4v) is 4.44. The molecule has 0 bridgehead atoms. The molecule has 2 nitrogen and oxygen atoms in total. The molecule has 0 aliphatic carbocycles. The van der Waals surface area contributed by atoms with E-state index < -0.39 is 0 Å². The first-order valence-corrected chi connectivity index (χ1v) is 10.5. The van der Waals surface area contributed by atoms with Crippen molar-refractivity contribution in [2.45, 2.75) is 19.5 Å². The molecule has 1 aliphatic heterocycles. The average molecular weight is 429 g/mol. The molecule has 1 aliphatic rings. The van der Waals surface area contributed by atoms with E-state index >= 15 is 0 Å². The number of rotatable bonds is 4. The molecule has 0 spiro atoms.